The van der Waals surface area contributed by atoms with Gasteiger partial charge in [-0.2, -0.15) is 0 Å². The van der Waals surface area contributed by atoms with Crippen LogP contribution in [0.1, 0.15) is 30.9 Å². The topological polar surface area (TPSA) is 48.0 Å². The molecule has 0 saturated carbocycles. The largest absolute Gasteiger partial charge is 0.491 e. The van der Waals surface area contributed by atoms with Gasteiger partial charge in [-0.25, -0.2) is 5.01 Å². The molecule has 27 heavy (non-hydrogen) atoms. The maximum absolute atomic E-state index is 10.3. The lowest BCUT2D eigenvalue weighted by molar-refractivity contribution is 0.0493. The van der Waals surface area contributed by atoms with Gasteiger partial charge in [0.1, 0.15) is 18.5 Å². The second kappa shape index (κ2) is 10.5. The molecule has 0 aliphatic heterocycles. The van der Waals surface area contributed by atoms with Crippen molar-refractivity contribution in [1.82, 2.24) is 9.91 Å². The fraction of sp³-hybridized carbons (Fsp3) is 0.545. The van der Waals surface area contributed by atoms with E-state index in [9.17, 15) is 5.11 Å². The Bertz CT molecular complexity index is 649. The molecule has 1 aliphatic rings. The SMILES string of the molecule is CC1=CCCC=C1OCC(O)CN(C)CCN(C)Nc1c(C)cccc1C. The quantitative estimate of drug-likeness (QED) is 0.615. The highest BCUT2D eigenvalue weighted by molar-refractivity contribution is 5.55. The van der Waals surface area contributed by atoms with E-state index in [0.717, 1.165) is 31.7 Å². The Labute approximate surface area is 164 Å². The van der Waals surface area contributed by atoms with Gasteiger partial charge in [0.15, 0.2) is 0 Å². The lowest BCUT2D eigenvalue weighted by Crippen LogP contribution is -2.38. The number of para-hydroxylation sites is 1. The zero-order valence-corrected chi connectivity index (χ0v) is 17.5. The Morgan fingerprint density at radius 2 is 1.74 bits per heavy atom. The number of allylic oxidation sites excluding steroid dienone is 3. The van der Waals surface area contributed by atoms with Crippen molar-refractivity contribution in [2.45, 2.75) is 39.7 Å². The molecule has 150 valence electrons. The van der Waals surface area contributed by atoms with Crippen LogP contribution < -0.4 is 5.43 Å². The molecule has 0 fully saturated rings. The van der Waals surface area contributed by atoms with Gasteiger partial charge in [-0.05, 0) is 63.4 Å². The minimum absolute atomic E-state index is 0.331. The summed E-state index contributed by atoms with van der Waals surface area (Å²) in [6, 6.07) is 6.31. The zero-order valence-electron chi connectivity index (χ0n) is 17.5. The third-order valence-electron chi connectivity index (χ3n) is 4.89. The van der Waals surface area contributed by atoms with Crippen molar-refractivity contribution >= 4 is 5.69 Å². The standard InChI is InChI=1S/C22H35N3O2/c1-17-9-6-7-12-21(17)27-16-20(26)15-24(4)13-14-25(5)23-22-18(2)10-8-11-19(22)3/h8-12,20,23,26H,6-7,13-16H2,1-5H3. The predicted octanol–water partition coefficient (Wildman–Crippen LogP) is 3.50. The number of benzene rings is 1. The summed E-state index contributed by atoms with van der Waals surface area (Å²) >= 11 is 0. The molecule has 1 atom stereocenters. The van der Waals surface area contributed by atoms with Crippen LogP contribution in [0.4, 0.5) is 5.69 Å². The van der Waals surface area contributed by atoms with Crippen LogP contribution in [0.25, 0.3) is 0 Å². The third-order valence-corrected chi connectivity index (χ3v) is 4.89. The van der Waals surface area contributed by atoms with Gasteiger partial charge in [-0.15, -0.1) is 0 Å². The van der Waals surface area contributed by atoms with Crippen LogP contribution >= 0.6 is 0 Å². The molecule has 0 heterocycles. The van der Waals surface area contributed by atoms with Crippen molar-refractivity contribution in [3.05, 3.63) is 52.8 Å². The molecule has 1 aromatic rings. The highest BCUT2D eigenvalue weighted by atomic mass is 16.5. The van der Waals surface area contributed by atoms with Gasteiger partial charge in [0.2, 0.25) is 0 Å². The van der Waals surface area contributed by atoms with Gasteiger partial charge >= 0.3 is 0 Å². The average Bonchev–Trinajstić information content (AvgIpc) is 2.62. The number of ether oxygens (including phenoxy) is 1. The van der Waals surface area contributed by atoms with E-state index in [4.69, 9.17) is 4.74 Å². The molecule has 1 unspecified atom stereocenters. The molecule has 0 saturated heterocycles. The van der Waals surface area contributed by atoms with Gasteiger partial charge in [0.05, 0.1) is 5.69 Å². The molecule has 0 spiro atoms. The van der Waals surface area contributed by atoms with Crippen molar-refractivity contribution in [3.8, 4) is 0 Å². The summed E-state index contributed by atoms with van der Waals surface area (Å²) in [6.07, 6.45) is 5.89. The smallest absolute Gasteiger partial charge is 0.118 e. The van der Waals surface area contributed by atoms with Crippen LogP contribution in [-0.2, 0) is 4.74 Å². The summed E-state index contributed by atoms with van der Waals surface area (Å²) in [4.78, 5) is 2.13. The second-order valence-corrected chi connectivity index (χ2v) is 7.56. The zero-order chi connectivity index (χ0) is 19.8. The van der Waals surface area contributed by atoms with E-state index in [1.165, 1.54) is 22.4 Å². The third kappa shape index (κ3) is 7.01. The number of hydrogen-bond acceptors (Lipinski definition) is 5. The summed E-state index contributed by atoms with van der Waals surface area (Å²) in [5, 5.41) is 12.4. The van der Waals surface area contributed by atoms with Crippen molar-refractivity contribution in [3.63, 3.8) is 0 Å². The highest BCUT2D eigenvalue weighted by Gasteiger charge is 2.13. The molecule has 1 aliphatic carbocycles. The van der Waals surface area contributed by atoms with Gasteiger partial charge in [0.25, 0.3) is 0 Å². The van der Waals surface area contributed by atoms with E-state index in [1.54, 1.807) is 0 Å². The van der Waals surface area contributed by atoms with Crippen LogP contribution in [0.5, 0.6) is 0 Å². The average molecular weight is 374 g/mol. The Kier molecular flexibility index (Phi) is 8.35. The van der Waals surface area contributed by atoms with Crippen LogP contribution in [-0.4, -0.2) is 61.5 Å². The Hall–Kier alpha value is -1.82. The summed E-state index contributed by atoms with van der Waals surface area (Å²) in [7, 11) is 4.07. The number of anilines is 1. The summed E-state index contributed by atoms with van der Waals surface area (Å²) in [5.74, 6) is 0.917. The monoisotopic (exact) mass is 373 g/mol. The predicted molar refractivity (Wildman–Crippen MR) is 113 cm³/mol. The lowest BCUT2D eigenvalue weighted by atomic mass is 10.1. The number of rotatable bonds is 10. The minimum atomic E-state index is -0.498. The van der Waals surface area contributed by atoms with Crippen molar-refractivity contribution in [2.75, 3.05) is 45.8 Å². The van der Waals surface area contributed by atoms with E-state index in [1.807, 2.05) is 14.1 Å². The van der Waals surface area contributed by atoms with Crippen LogP contribution in [0.2, 0.25) is 0 Å². The highest BCUT2D eigenvalue weighted by Crippen LogP contribution is 2.20. The number of aryl methyl sites for hydroxylation is 2. The van der Waals surface area contributed by atoms with E-state index in [-0.39, 0.29) is 0 Å². The van der Waals surface area contributed by atoms with Gasteiger partial charge in [0, 0.05) is 26.7 Å². The number of hydrogen-bond donors (Lipinski definition) is 2. The number of aliphatic hydroxyl groups excluding tert-OH is 1. The molecule has 0 amide bonds. The van der Waals surface area contributed by atoms with E-state index < -0.39 is 6.10 Å². The molecule has 0 radical (unpaired) electrons. The van der Waals surface area contributed by atoms with Gasteiger partial charge in [-0.1, -0.05) is 24.3 Å². The van der Waals surface area contributed by atoms with E-state index in [0.29, 0.717) is 13.2 Å². The summed E-state index contributed by atoms with van der Waals surface area (Å²) in [5.41, 5.74) is 8.28. The number of nitrogens with one attached hydrogen (secondary N) is 1. The fourth-order valence-corrected chi connectivity index (χ4v) is 3.20. The maximum atomic E-state index is 10.3. The maximum Gasteiger partial charge on any atom is 0.118 e. The first-order chi connectivity index (χ1) is 12.9. The number of aliphatic hydroxyl groups is 1. The normalized spacial score (nSPS) is 15.6. The molecule has 1 aromatic carbocycles. The van der Waals surface area contributed by atoms with E-state index in [2.05, 4.69) is 66.5 Å². The first-order valence-corrected chi connectivity index (χ1v) is 9.77. The van der Waals surface area contributed by atoms with Crippen LogP contribution in [0.15, 0.2) is 41.7 Å². The number of nitrogens with zero attached hydrogens (tertiary/aromatic N) is 2. The Morgan fingerprint density at radius 3 is 2.41 bits per heavy atom. The molecular formula is C22H35N3O2. The van der Waals surface area contributed by atoms with Crippen molar-refractivity contribution in [2.24, 2.45) is 0 Å². The van der Waals surface area contributed by atoms with Gasteiger partial charge in [-0.3, -0.25) is 0 Å². The molecular weight excluding hydrogens is 338 g/mol. The number of likely N-dealkylation sites (N-methyl/N-ethyl adjacent to an activating group) is 2. The number of hydrazine groups is 1. The molecule has 0 aromatic heterocycles. The lowest BCUT2D eigenvalue weighted by Gasteiger charge is -2.26. The summed E-state index contributed by atoms with van der Waals surface area (Å²) in [6.45, 7) is 8.92. The van der Waals surface area contributed by atoms with Crippen molar-refractivity contribution in [1.29, 1.82) is 0 Å². The van der Waals surface area contributed by atoms with Crippen molar-refractivity contribution < 1.29 is 9.84 Å². The minimum Gasteiger partial charge on any atom is -0.491 e. The molecule has 0 bridgehead atoms. The molecule has 5 nitrogen and oxygen atoms in total. The second-order valence-electron chi connectivity index (χ2n) is 7.56. The van der Waals surface area contributed by atoms with E-state index >= 15 is 0 Å². The molecule has 2 rings (SSSR count). The Balaban J connectivity index is 1.69. The molecule has 5 heteroatoms. The van der Waals surface area contributed by atoms with Crippen LogP contribution in [0, 0.1) is 13.8 Å². The first-order valence-electron chi connectivity index (χ1n) is 9.77. The Morgan fingerprint density at radius 1 is 1.07 bits per heavy atom. The first kappa shape index (κ1) is 21.5. The fourth-order valence-electron chi connectivity index (χ4n) is 3.20. The van der Waals surface area contributed by atoms with Gasteiger partial charge < -0.3 is 20.2 Å². The molecule has 2 N–H and O–H groups in total. The van der Waals surface area contributed by atoms with Crippen LogP contribution in [0.3, 0.4) is 0 Å². The summed E-state index contributed by atoms with van der Waals surface area (Å²) < 4.78 is 5.78.